The van der Waals surface area contributed by atoms with Gasteiger partial charge in [0, 0.05) is 17.5 Å². The first-order chi connectivity index (χ1) is 18.3. The molecule has 1 heterocycles. The predicted octanol–water partition coefficient (Wildman–Crippen LogP) is 4.75. The van der Waals surface area contributed by atoms with Crippen LogP contribution in [0.2, 0.25) is 5.02 Å². The fraction of sp³-hybridized carbons (Fsp3) is 0.429. The quantitative estimate of drug-likeness (QED) is 0.152. The molecule has 2 atom stereocenters. The first-order valence-corrected chi connectivity index (χ1v) is 13.3. The van der Waals surface area contributed by atoms with E-state index in [1.165, 1.54) is 0 Å². The number of halogens is 1. The van der Waals surface area contributed by atoms with Crippen LogP contribution in [0, 0.1) is 6.92 Å². The number of hydrogen-bond donors (Lipinski definition) is 3. The first-order valence-electron chi connectivity index (χ1n) is 12.9. The number of nitrogens with one attached hydrogen (secondary N) is 1. The fourth-order valence-corrected chi connectivity index (χ4v) is 4.33. The second kappa shape index (κ2) is 14.5. The number of carbonyl (C=O) groups is 2. The number of aliphatic hydroxyl groups is 1. The number of rotatable bonds is 14. The van der Waals surface area contributed by atoms with Crippen molar-refractivity contribution >= 4 is 23.5 Å². The predicted molar refractivity (Wildman–Crippen MR) is 144 cm³/mol. The molecule has 3 aromatic rings. The number of carbonyl (C=O) groups excluding carboxylic acids is 2. The van der Waals surface area contributed by atoms with E-state index in [-0.39, 0.29) is 18.7 Å². The lowest BCUT2D eigenvalue weighted by atomic mass is 9.96. The summed E-state index contributed by atoms with van der Waals surface area (Å²) in [5.41, 5.74) is 3.91. The van der Waals surface area contributed by atoms with Gasteiger partial charge in [0.1, 0.15) is 0 Å². The minimum Gasteiger partial charge on any atom is -0.464 e. The lowest BCUT2D eigenvalue weighted by molar-refractivity contribution is -0.154. The largest absolute Gasteiger partial charge is 0.464 e. The number of benzene rings is 2. The van der Waals surface area contributed by atoms with Gasteiger partial charge in [0.15, 0.2) is 11.8 Å². The molecule has 1 amide bonds. The third-order valence-corrected chi connectivity index (χ3v) is 6.50. The van der Waals surface area contributed by atoms with Crippen molar-refractivity contribution in [3.63, 3.8) is 0 Å². The van der Waals surface area contributed by atoms with Gasteiger partial charge in [-0.25, -0.2) is 4.79 Å². The van der Waals surface area contributed by atoms with Gasteiger partial charge in [-0.1, -0.05) is 79.4 Å². The van der Waals surface area contributed by atoms with E-state index in [1.807, 2.05) is 49.4 Å². The zero-order valence-electron chi connectivity index (χ0n) is 21.8. The smallest absolute Gasteiger partial charge is 0.335 e. The normalized spacial score (nSPS) is 12.6. The van der Waals surface area contributed by atoms with Crippen LogP contribution in [-0.4, -0.2) is 56.1 Å². The van der Waals surface area contributed by atoms with E-state index in [0.29, 0.717) is 16.3 Å². The highest BCUT2D eigenvalue weighted by atomic mass is 35.5. The summed E-state index contributed by atoms with van der Waals surface area (Å²) in [6.45, 7) is 4.39. The highest BCUT2D eigenvalue weighted by molar-refractivity contribution is 6.30. The molecule has 38 heavy (non-hydrogen) atoms. The van der Waals surface area contributed by atoms with Crippen LogP contribution in [0.1, 0.15) is 67.1 Å². The van der Waals surface area contributed by atoms with Crippen molar-refractivity contribution in [1.29, 1.82) is 0 Å². The molecule has 0 aliphatic rings. The number of aromatic nitrogens is 3. The maximum absolute atomic E-state index is 12.7. The molecule has 204 valence electrons. The number of aliphatic hydroxyl groups excluding tert-OH is 1. The second-order valence-corrected chi connectivity index (χ2v) is 9.82. The van der Waals surface area contributed by atoms with E-state index in [9.17, 15) is 19.9 Å². The Morgan fingerprint density at radius 1 is 1.11 bits per heavy atom. The summed E-state index contributed by atoms with van der Waals surface area (Å²) in [7, 11) is 0. The van der Waals surface area contributed by atoms with Crippen LogP contribution in [0.5, 0.6) is 0 Å². The first kappa shape index (κ1) is 29.1. The van der Waals surface area contributed by atoms with Gasteiger partial charge in [0.25, 0.3) is 5.91 Å². The zero-order chi connectivity index (χ0) is 27.5. The van der Waals surface area contributed by atoms with Crippen molar-refractivity contribution in [1.82, 2.24) is 20.5 Å². The van der Waals surface area contributed by atoms with Crippen LogP contribution in [0.3, 0.4) is 0 Å². The van der Waals surface area contributed by atoms with Crippen LogP contribution < -0.4 is 5.32 Å². The molecule has 0 aliphatic heterocycles. The summed E-state index contributed by atoms with van der Waals surface area (Å²) >= 11 is 6.17. The lowest BCUT2D eigenvalue weighted by Gasteiger charge is -2.21. The number of nitrogens with zero attached hydrogens (tertiary/aromatic N) is 3. The van der Waals surface area contributed by atoms with Gasteiger partial charge < -0.3 is 20.4 Å². The van der Waals surface area contributed by atoms with Crippen molar-refractivity contribution < 1.29 is 24.6 Å². The molecule has 0 saturated heterocycles. The van der Waals surface area contributed by atoms with Crippen LogP contribution >= 0.6 is 11.6 Å². The number of ether oxygens (including phenoxy) is 1. The molecule has 2 aromatic carbocycles. The molecule has 0 radical (unpaired) electrons. The Bertz CT molecular complexity index is 1200. The SMILES string of the molecule is CCCCCCCOC(=O)C(O)CC(Cc1ccc(-c2cc(Cl)ccc2C)cc1)NC(=O)c1cn(O)nn1. The Kier molecular flexibility index (Phi) is 11.1. The third kappa shape index (κ3) is 8.85. The van der Waals surface area contributed by atoms with E-state index >= 15 is 0 Å². The molecule has 3 rings (SSSR count). The Morgan fingerprint density at radius 3 is 2.53 bits per heavy atom. The number of hydrogen-bond acceptors (Lipinski definition) is 7. The Hall–Kier alpha value is -3.43. The molecule has 0 aliphatic carbocycles. The van der Waals surface area contributed by atoms with Gasteiger partial charge in [-0.15, -0.1) is 5.10 Å². The maximum Gasteiger partial charge on any atom is 0.335 e. The molecule has 0 fully saturated rings. The zero-order valence-corrected chi connectivity index (χ0v) is 22.5. The minimum atomic E-state index is -1.40. The van der Waals surface area contributed by atoms with Crippen LogP contribution in [0.15, 0.2) is 48.7 Å². The number of amides is 1. The topological polar surface area (TPSA) is 127 Å². The van der Waals surface area contributed by atoms with Gasteiger partial charge in [0.2, 0.25) is 0 Å². The van der Waals surface area contributed by atoms with Crippen LogP contribution in [0.25, 0.3) is 11.1 Å². The number of esters is 1. The van der Waals surface area contributed by atoms with Crippen molar-refractivity contribution in [2.24, 2.45) is 0 Å². The monoisotopic (exact) mass is 542 g/mol. The molecule has 0 saturated carbocycles. The van der Waals surface area contributed by atoms with Gasteiger partial charge >= 0.3 is 5.97 Å². The average molecular weight is 543 g/mol. The van der Waals surface area contributed by atoms with E-state index in [4.69, 9.17) is 16.3 Å². The van der Waals surface area contributed by atoms with Gasteiger partial charge in [-0.2, -0.15) is 0 Å². The second-order valence-electron chi connectivity index (χ2n) is 9.39. The summed E-state index contributed by atoms with van der Waals surface area (Å²) in [6, 6.07) is 12.9. The standard InChI is InChI=1S/C28H35ClN4O5/c1-3-4-5-6-7-14-38-28(36)26(34)17-23(30-27(35)25-18-33(37)32-31-25)15-20-9-11-21(12-10-20)24-16-22(29)13-8-19(24)2/h8-13,16,18,23,26,34,37H,3-7,14-15,17H2,1-2H3,(H,30,35). The molecule has 1 aromatic heterocycles. The Morgan fingerprint density at radius 2 is 1.84 bits per heavy atom. The lowest BCUT2D eigenvalue weighted by Crippen LogP contribution is -2.41. The molecule has 0 bridgehead atoms. The Balaban J connectivity index is 1.66. The van der Waals surface area contributed by atoms with Crippen LogP contribution in [-0.2, 0) is 16.0 Å². The summed E-state index contributed by atoms with van der Waals surface area (Å²) < 4.78 is 5.24. The highest BCUT2D eigenvalue weighted by Gasteiger charge is 2.25. The fourth-order valence-electron chi connectivity index (χ4n) is 4.16. The summed E-state index contributed by atoms with van der Waals surface area (Å²) in [4.78, 5) is 25.5. The summed E-state index contributed by atoms with van der Waals surface area (Å²) in [5, 5.41) is 30.3. The van der Waals surface area contributed by atoms with E-state index in [2.05, 4.69) is 22.6 Å². The van der Waals surface area contributed by atoms with Crippen molar-refractivity contribution in [2.45, 2.75) is 70.9 Å². The van der Waals surface area contributed by atoms with E-state index in [1.54, 1.807) is 0 Å². The maximum atomic E-state index is 12.7. The molecular weight excluding hydrogens is 508 g/mol. The molecule has 0 spiro atoms. The third-order valence-electron chi connectivity index (χ3n) is 6.27. The van der Waals surface area contributed by atoms with Crippen LogP contribution in [0.4, 0.5) is 0 Å². The summed E-state index contributed by atoms with van der Waals surface area (Å²) in [6.07, 6.45) is 5.01. The molecule has 3 N–H and O–H groups in total. The molecule has 9 nitrogen and oxygen atoms in total. The van der Waals surface area contributed by atoms with Crippen molar-refractivity contribution in [2.75, 3.05) is 6.61 Å². The van der Waals surface area contributed by atoms with Gasteiger partial charge in [0.05, 0.1) is 12.8 Å². The van der Waals surface area contributed by atoms with Gasteiger partial charge in [-0.3, -0.25) is 4.79 Å². The van der Waals surface area contributed by atoms with E-state index < -0.39 is 24.0 Å². The van der Waals surface area contributed by atoms with Crippen molar-refractivity contribution in [3.8, 4) is 11.1 Å². The highest BCUT2D eigenvalue weighted by Crippen LogP contribution is 2.27. The van der Waals surface area contributed by atoms with Crippen molar-refractivity contribution in [3.05, 3.63) is 70.5 Å². The molecule has 10 heteroatoms. The summed E-state index contributed by atoms with van der Waals surface area (Å²) in [5.74, 6) is -1.30. The number of unbranched alkanes of at least 4 members (excludes halogenated alkanes) is 4. The Labute approximate surface area is 227 Å². The minimum absolute atomic E-state index is 0.0528. The molecular formula is C28H35ClN4O5. The van der Waals surface area contributed by atoms with E-state index in [0.717, 1.165) is 60.6 Å². The van der Waals surface area contributed by atoms with Gasteiger partial charge in [-0.05, 0) is 59.4 Å². The average Bonchev–Trinajstić information content (AvgIpc) is 3.34. The molecule has 2 unspecified atom stereocenters. The number of aryl methyl sites for hydroxylation is 1.